The summed E-state index contributed by atoms with van der Waals surface area (Å²) in [5, 5.41) is 2.72. The van der Waals surface area contributed by atoms with Crippen molar-refractivity contribution in [3.63, 3.8) is 0 Å². The van der Waals surface area contributed by atoms with Crippen LogP contribution in [0.25, 0.3) is 25.9 Å². The number of anilines is 5. The Kier molecular flexibility index (Phi) is 5.06. The van der Waals surface area contributed by atoms with Crippen LogP contribution in [-0.2, 0) is 5.41 Å². The van der Waals surface area contributed by atoms with E-state index in [4.69, 9.17) is 0 Å². The van der Waals surface area contributed by atoms with Crippen molar-refractivity contribution in [2.24, 2.45) is 0 Å². The molecule has 1 aliphatic carbocycles. The maximum absolute atomic E-state index is 2.56. The molecule has 1 aromatic heterocycles. The molecule has 0 unspecified atom stereocenters. The molecule has 0 spiro atoms. The lowest BCUT2D eigenvalue weighted by Crippen LogP contribution is -2.57. The summed E-state index contributed by atoms with van der Waals surface area (Å²) in [7, 11) is 0. The van der Waals surface area contributed by atoms with Crippen molar-refractivity contribution in [1.29, 1.82) is 0 Å². The van der Waals surface area contributed by atoms with E-state index in [0.717, 1.165) is 0 Å². The number of hydrogen-bond acceptors (Lipinski definition) is 3. The second kappa shape index (κ2) is 9.00. The lowest BCUT2D eigenvalue weighted by molar-refractivity contribution is 0.667. The Morgan fingerprint density at radius 2 is 1.18 bits per heavy atom. The molecule has 6 aromatic carbocycles. The first kappa shape index (κ1) is 25.3. The molecule has 212 valence electrons. The SMILES string of the molecule is CC1(C)C2=C(c3cc4sc5ccccc5c4cc31)N(c1ccccc1)c1cccc3c1B2c1ccccc1N3c1ccccc1. The number of rotatable bonds is 2. The van der Waals surface area contributed by atoms with E-state index in [9.17, 15) is 0 Å². The van der Waals surface area contributed by atoms with Gasteiger partial charge in [-0.25, -0.2) is 0 Å². The summed E-state index contributed by atoms with van der Waals surface area (Å²) in [5.74, 6) is 0. The maximum Gasteiger partial charge on any atom is 0.248 e. The van der Waals surface area contributed by atoms with E-state index in [1.165, 1.54) is 81.8 Å². The summed E-state index contributed by atoms with van der Waals surface area (Å²) < 4.78 is 2.70. The van der Waals surface area contributed by atoms with Gasteiger partial charge < -0.3 is 9.80 Å². The van der Waals surface area contributed by atoms with Gasteiger partial charge in [0.25, 0.3) is 0 Å². The van der Waals surface area contributed by atoms with E-state index in [0.29, 0.717) is 0 Å². The molecule has 2 nitrogen and oxygen atoms in total. The molecule has 0 amide bonds. The van der Waals surface area contributed by atoms with Gasteiger partial charge in [-0.3, -0.25) is 0 Å². The third kappa shape index (κ3) is 3.30. The lowest BCUT2D eigenvalue weighted by Gasteiger charge is -2.45. The highest BCUT2D eigenvalue weighted by atomic mass is 32.1. The molecule has 3 aliphatic rings. The summed E-state index contributed by atoms with van der Waals surface area (Å²) >= 11 is 1.91. The van der Waals surface area contributed by atoms with Crippen LogP contribution in [0.15, 0.2) is 145 Å². The maximum atomic E-state index is 2.56. The van der Waals surface area contributed by atoms with Gasteiger partial charge in [-0.1, -0.05) is 98.2 Å². The summed E-state index contributed by atoms with van der Waals surface area (Å²) in [4.78, 5) is 5.03. The monoisotopic (exact) mass is 592 g/mol. The molecule has 0 atom stereocenters. The standard InChI is InChI=1S/C41H29BN2S/c1-41(2)31-24-29-28-18-9-12-23-36(28)45-37(29)25-30(31)39-40(41)42-32-19-10-11-20-33(32)43(26-14-5-3-6-15-26)34-21-13-22-35(38(34)42)44(39)27-16-7-4-8-17-27/h3-25H,1-2H3. The van der Waals surface area contributed by atoms with Crippen molar-refractivity contribution in [1.82, 2.24) is 0 Å². The Morgan fingerprint density at radius 3 is 1.96 bits per heavy atom. The highest BCUT2D eigenvalue weighted by Gasteiger charge is 2.52. The summed E-state index contributed by atoms with van der Waals surface area (Å²) in [6.07, 6.45) is 0. The largest absolute Gasteiger partial charge is 0.311 e. The first-order chi connectivity index (χ1) is 22.1. The van der Waals surface area contributed by atoms with Crippen molar-refractivity contribution in [3.05, 3.63) is 156 Å². The van der Waals surface area contributed by atoms with Crippen LogP contribution in [0.2, 0.25) is 0 Å². The van der Waals surface area contributed by atoms with Gasteiger partial charge in [-0.05, 0) is 77.2 Å². The highest BCUT2D eigenvalue weighted by Crippen LogP contribution is 2.56. The topological polar surface area (TPSA) is 6.48 Å². The number of benzene rings is 6. The number of allylic oxidation sites excluding steroid dienone is 1. The molecule has 2 aliphatic heterocycles. The van der Waals surface area contributed by atoms with Crippen molar-refractivity contribution < 1.29 is 0 Å². The average molecular weight is 593 g/mol. The van der Waals surface area contributed by atoms with Gasteiger partial charge in [0.1, 0.15) is 0 Å². The Morgan fingerprint density at radius 1 is 0.556 bits per heavy atom. The average Bonchev–Trinajstić information content (AvgIpc) is 3.56. The number of nitrogens with zero attached hydrogens (tertiary/aromatic N) is 2. The van der Waals surface area contributed by atoms with Gasteiger partial charge in [0.15, 0.2) is 0 Å². The second-order valence-corrected chi connectivity index (χ2v) is 14.0. The minimum absolute atomic E-state index is 0.138. The molecule has 0 bridgehead atoms. The molecular weight excluding hydrogens is 563 g/mol. The van der Waals surface area contributed by atoms with Gasteiger partial charge in [0.05, 0.1) is 0 Å². The normalized spacial score (nSPS) is 15.7. The Balaban J connectivity index is 1.33. The van der Waals surface area contributed by atoms with Crippen LogP contribution in [-0.4, -0.2) is 6.71 Å². The van der Waals surface area contributed by atoms with Gasteiger partial charge in [0, 0.05) is 65.3 Å². The number of fused-ring (bicyclic) bond motifs is 8. The number of thiophene rings is 1. The van der Waals surface area contributed by atoms with E-state index in [-0.39, 0.29) is 12.1 Å². The van der Waals surface area contributed by atoms with Gasteiger partial charge in [-0.2, -0.15) is 0 Å². The summed E-state index contributed by atoms with van der Waals surface area (Å²) in [6.45, 7) is 5.05. The molecule has 3 heterocycles. The van der Waals surface area contributed by atoms with Crippen LogP contribution in [0.5, 0.6) is 0 Å². The lowest BCUT2D eigenvalue weighted by atomic mass is 9.30. The van der Waals surface area contributed by atoms with Crippen LogP contribution >= 0.6 is 11.3 Å². The fourth-order valence-electron chi connectivity index (χ4n) is 8.38. The van der Waals surface area contributed by atoms with Crippen molar-refractivity contribution in [2.75, 3.05) is 9.80 Å². The van der Waals surface area contributed by atoms with E-state index in [1.807, 2.05) is 11.3 Å². The zero-order chi connectivity index (χ0) is 29.9. The van der Waals surface area contributed by atoms with E-state index < -0.39 is 0 Å². The Bertz CT molecular complexity index is 2370. The fourth-order valence-corrected chi connectivity index (χ4v) is 9.50. The van der Waals surface area contributed by atoms with E-state index >= 15 is 0 Å². The molecule has 4 heteroatoms. The van der Waals surface area contributed by atoms with Crippen molar-refractivity contribution in [2.45, 2.75) is 19.3 Å². The number of hydrogen-bond donors (Lipinski definition) is 0. The molecule has 10 rings (SSSR count). The third-order valence-electron chi connectivity index (χ3n) is 10.2. The Hall–Kier alpha value is -5.06. The fraction of sp³-hybridized carbons (Fsp3) is 0.0732. The molecule has 0 fully saturated rings. The van der Waals surface area contributed by atoms with Crippen LogP contribution in [0, 0.1) is 0 Å². The summed E-state index contributed by atoms with van der Waals surface area (Å²) in [6, 6.07) is 51.7. The zero-order valence-corrected chi connectivity index (χ0v) is 26.0. The predicted molar refractivity (Wildman–Crippen MR) is 194 cm³/mol. The zero-order valence-electron chi connectivity index (χ0n) is 25.2. The highest BCUT2D eigenvalue weighted by molar-refractivity contribution is 7.25. The number of para-hydroxylation sites is 3. The van der Waals surface area contributed by atoms with Gasteiger partial charge in [0.2, 0.25) is 6.71 Å². The van der Waals surface area contributed by atoms with Gasteiger partial charge in [-0.15, -0.1) is 11.3 Å². The molecule has 7 aromatic rings. The molecule has 0 radical (unpaired) electrons. The third-order valence-corrected chi connectivity index (χ3v) is 11.4. The second-order valence-electron chi connectivity index (χ2n) is 12.9. The van der Waals surface area contributed by atoms with Crippen molar-refractivity contribution in [3.8, 4) is 0 Å². The summed E-state index contributed by atoms with van der Waals surface area (Å²) in [5.41, 5.74) is 14.3. The molecule has 0 N–H and O–H groups in total. The molecule has 0 saturated heterocycles. The molecular formula is C41H29BN2S. The van der Waals surface area contributed by atoms with Crippen LogP contribution in [0.3, 0.4) is 0 Å². The Labute approximate surface area is 267 Å². The predicted octanol–water partition coefficient (Wildman–Crippen LogP) is 9.84. The van der Waals surface area contributed by atoms with Gasteiger partial charge >= 0.3 is 0 Å². The van der Waals surface area contributed by atoms with Crippen LogP contribution in [0.4, 0.5) is 28.4 Å². The smallest absolute Gasteiger partial charge is 0.248 e. The minimum atomic E-state index is -0.188. The van der Waals surface area contributed by atoms with E-state index in [1.54, 1.807) is 0 Å². The van der Waals surface area contributed by atoms with Crippen LogP contribution < -0.4 is 20.7 Å². The first-order valence-electron chi connectivity index (χ1n) is 15.7. The van der Waals surface area contributed by atoms with Crippen LogP contribution in [0.1, 0.15) is 25.0 Å². The molecule has 0 saturated carbocycles. The molecule has 45 heavy (non-hydrogen) atoms. The minimum Gasteiger partial charge on any atom is -0.311 e. The quantitative estimate of drug-likeness (QED) is 0.184. The van der Waals surface area contributed by atoms with E-state index in [2.05, 4.69) is 163 Å². The van der Waals surface area contributed by atoms with Crippen molar-refractivity contribution >= 4 is 83.3 Å². The first-order valence-corrected chi connectivity index (χ1v) is 16.6.